The molecule has 4 nitrogen and oxygen atoms in total. The van der Waals surface area contributed by atoms with E-state index in [1.807, 2.05) is 18.5 Å². The maximum atomic E-state index is 5.16. The van der Waals surface area contributed by atoms with Gasteiger partial charge in [-0.25, -0.2) is 9.97 Å². The van der Waals surface area contributed by atoms with E-state index < -0.39 is 0 Å². The summed E-state index contributed by atoms with van der Waals surface area (Å²) in [5.41, 5.74) is 12.5. The van der Waals surface area contributed by atoms with E-state index in [2.05, 4.69) is 174 Å². The van der Waals surface area contributed by atoms with Gasteiger partial charge in [-0.1, -0.05) is 115 Å². The van der Waals surface area contributed by atoms with Crippen molar-refractivity contribution in [1.29, 1.82) is 0 Å². The van der Waals surface area contributed by atoms with E-state index >= 15 is 0 Å². The van der Waals surface area contributed by atoms with Crippen molar-refractivity contribution in [3.8, 4) is 44.8 Å². The molecule has 54 heavy (non-hydrogen) atoms. The molecule has 0 radical (unpaired) electrons. The third-order valence-corrected chi connectivity index (χ3v) is 10.7. The SMILES string of the molecule is c1ccc2c(c1)cc(-c1ccc3cc(-c4ccc5nc(-c6ccc(-c7ccnc8c7ccc7cccnc78)cc6)ccc5c4)ccc3n1)c1ccccc12. The molecule has 0 amide bonds. The van der Waals surface area contributed by atoms with Gasteiger partial charge in [-0.3, -0.25) is 9.97 Å². The fraction of sp³-hybridized carbons (Fsp3) is 0. The van der Waals surface area contributed by atoms with Gasteiger partial charge in [-0.15, -0.1) is 0 Å². The van der Waals surface area contributed by atoms with E-state index in [-0.39, 0.29) is 0 Å². The molecular formula is C50H30N4. The molecule has 4 aromatic heterocycles. The Labute approximate surface area is 311 Å². The highest BCUT2D eigenvalue weighted by atomic mass is 14.7. The summed E-state index contributed by atoms with van der Waals surface area (Å²) in [7, 11) is 0. The summed E-state index contributed by atoms with van der Waals surface area (Å²) in [5, 5.41) is 9.36. The van der Waals surface area contributed by atoms with Crippen molar-refractivity contribution in [3.63, 3.8) is 0 Å². The minimum Gasteiger partial charge on any atom is -0.254 e. The van der Waals surface area contributed by atoms with E-state index in [9.17, 15) is 0 Å². The third kappa shape index (κ3) is 5.00. The van der Waals surface area contributed by atoms with Crippen LogP contribution in [0.5, 0.6) is 0 Å². The van der Waals surface area contributed by atoms with Gasteiger partial charge in [0.25, 0.3) is 0 Å². The lowest BCUT2D eigenvalue weighted by atomic mass is 9.95. The number of aromatic nitrogens is 4. The Bertz CT molecular complexity index is 3280. The molecule has 0 bridgehead atoms. The van der Waals surface area contributed by atoms with E-state index in [1.165, 1.54) is 21.5 Å². The molecule has 0 unspecified atom stereocenters. The van der Waals surface area contributed by atoms with Gasteiger partial charge in [0.15, 0.2) is 0 Å². The molecule has 0 saturated heterocycles. The monoisotopic (exact) mass is 686 g/mol. The lowest BCUT2D eigenvalue weighted by Crippen LogP contribution is -1.90. The van der Waals surface area contributed by atoms with Crippen LogP contribution in [0.15, 0.2) is 182 Å². The first kappa shape index (κ1) is 30.3. The van der Waals surface area contributed by atoms with Gasteiger partial charge in [0, 0.05) is 45.1 Å². The summed E-state index contributed by atoms with van der Waals surface area (Å²) < 4.78 is 0. The van der Waals surface area contributed by atoms with Crippen LogP contribution in [-0.2, 0) is 0 Å². The average Bonchev–Trinajstić information content (AvgIpc) is 3.25. The molecule has 0 spiro atoms. The predicted octanol–water partition coefficient (Wildman–Crippen LogP) is 12.9. The zero-order chi connectivity index (χ0) is 35.6. The minimum absolute atomic E-state index is 0.922. The van der Waals surface area contributed by atoms with Gasteiger partial charge in [0.2, 0.25) is 0 Å². The molecule has 4 heterocycles. The van der Waals surface area contributed by atoms with E-state index in [1.54, 1.807) is 0 Å². The van der Waals surface area contributed by atoms with Gasteiger partial charge >= 0.3 is 0 Å². The lowest BCUT2D eigenvalue weighted by molar-refractivity contribution is 1.37. The standard InChI is InChI=1S/C50H30N4/c1-2-8-39-36(6-1)30-44(42-10-4-3-9-41(39)42)48-24-19-38-29-35(17-22-47(38)54-48)34-16-21-46-37(28-34)18-23-45(53-46)32-13-11-31(12-14-32)40-25-27-52-50-43(40)20-15-33-7-5-26-51-49(33)50/h1-30H. The fourth-order valence-corrected chi connectivity index (χ4v) is 8.01. The molecule has 0 aliphatic carbocycles. The van der Waals surface area contributed by atoms with E-state index in [0.29, 0.717) is 0 Å². The number of hydrogen-bond donors (Lipinski definition) is 0. The van der Waals surface area contributed by atoms with Crippen molar-refractivity contribution in [2.24, 2.45) is 0 Å². The second kappa shape index (κ2) is 12.1. The molecular weight excluding hydrogens is 657 g/mol. The normalized spacial score (nSPS) is 11.7. The molecule has 4 heteroatoms. The highest BCUT2D eigenvalue weighted by Crippen LogP contribution is 2.36. The molecule has 0 saturated carbocycles. The summed E-state index contributed by atoms with van der Waals surface area (Å²) in [5.74, 6) is 0. The number of hydrogen-bond acceptors (Lipinski definition) is 4. The van der Waals surface area contributed by atoms with Gasteiger partial charge in [-0.2, -0.15) is 0 Å². The largest absolute Gasteiger partial charge is 0.254 e. The summed E-state index contributed by atoms with van der Waals surface area (Å²) in [4.78, 5) is 19.5. The van der Waals surface area contributed by atoms with Crippen LogP contribution < -0.4 is 0 Å². The quantitative estimate of drug-likeness (QED) is 0.173. The van der Waals surface area contributed by atoms with E-state index in [0.717, 1.165) is 88.4 Å². The number of rotatable bonds is 4. The van der Waals surface area contributed by atoms with Crippen molar-refractivity contribution >= 4 is 65.2 Å². The van der Waals surface area contributed by atoms with Crippen LogP contribution >= 0.6 is 0 Å². The van der Waals surface area contributed by atoms with E-state index in [4.69, 9.17) is 9.97 Å². The van der Waals surface area contributed by atoms with Crippen LogP contribution in [0, 0.1) is 0 Å². The Morgan fingerprint density at radius 1 is 0.296 bits per heavy atom. The minimum atomic E-state index is 0.922. The molecule has 250 valence electrons. The first-order chi connectivity index (χ1) is 26.7. The smallest absolute Gasteiger partial charge is 0.0970 e. The summed E-state index contributed by atoms with van der Waals surface area (Å²) in [6.07, 6.45) is 3.70. The van der Waals surface area contributed by atoms with Crippen molar-refractivity contribution in [2.75, 3.05) is 0 Å². The van der Waals surface area contributed by atoms with Crippen LogP contribution in [0.25, 0.3) is 110 Å². The summed E-state index contributed by atoms with van der Waals surface area (Å²) >= 11 is 0. The Kier molecular flexibility index (Phi) is 6.82. The fourth-order valence-electron chi connectivity index (χ4n) is 8.01. The predicted molar refractivity (Wildman–Crippen MR) is 224 cm³/mol. The third-order valence-electron chi connectivity index (χ3n) is 10.7. The van der Waals surface area contributed by atoms with Crippen molar-refractivity contribution in [2.45, 2.75) is 0 Å². The summed E-state index contributed by atoms with van der Waals surface area (Å²) in [6.45, 7) is 0. The van der Waals surface area contributed by atoms with Crippen LogP contribution in [0.2, 0.25) is 0 Å². The number of nitrogens with zero attached hydrogens (tertiary/aromatic N) is 4. The first-order valence-corrected chi connectivity index (χ1v) is 18.2. The Hall–Kier alpha value is -7.30. The molecule has 0 N–H and O–H groups in total. The molecule has 0 atom stereocenters. The molecule has 11 rings (SSSR count). The van der Waals surface area contributed by atoms with Crippen LogP contribution in [0.4, 0.5) is 0 Å². The highest BCUT2D eigenvalue weighted by Gasteiger charge is 2.13. The molecule has 11 aromatic rings. The molecule has 0 fully saturated rings. The van der Waals surface area contributed by atoms with Gasteiger partial charge in [0.1, 0.15) is 0 Å². The summed E-state index contributed by atoms with van der Waals surface area (Å²) in [6, 6.07) is 60.2. The maximum Gasteiger partial charge on any atom is 0.0970 e. The number of pyridine rings is 4. The second-order valence-corrected chi connectivity index (χ2v) is 13.9. The van der Waals surface area contributed by atoms with Gasteiger partial charge in [0.05, 0.1) is 33.5 Å². The zero-order valence-electron chi connectivity index (χ0n) is 29.1. The molecule has 7 aromatic carbocycles. The van der Waals surface area contributed by atoms with Crippen molar-refractivity contribution < 1.29 is 0 Å². The Morgan fingerprint density at radius 2 is 0.907 bits per heavy atom. The first-order valence-electron chi connectivity index (χ1n) is 18.2. The topological polar surface area (TPSA) is 51.6 Å². The molecule has 0 aliphatic heterocycles. The van der Waals surface area contributed by atoms with Crippen LogP contribution in [-0.4, -0.2) is 19.9 Å². The Balaban J connectivity index is 0.887. The van der Waals surface area contributed by atoms with Crippen LogP contribution in [0.1, 0.15) is 0 Å². The second-order valence-electron chi connectivity index (χ2n) is 13.9. The van der Waals surface area contributed by atoms with Crippen molar-refractivity contribution in [1.82, 2.24) is 19.9 Å². The van der Waals surface area contributed by atoms with Crippen LogP contribution in [0.3, 0.4) is 0 Å². The van der Waals surface area contributed by atoms with Gasteiger partial charge < -0.3 is 0 Å². The Morgan fingerprint density at radius 3 is 1.70 bits per heavy atom. The van der Waals surface area contributed by atoms with Gasteiger partial charge in [-0.05, 0) is 98.4 Å². The maximum absolute atomic E-state index is 5.16. The number of fused-ring (bicyclic) bond motifs is 8. The number of benzene rings is 7. The average molecular weight is 687 g/mol. The lowest BCUT2D eigenvalue weighted by Gasteiger charge is -2.12. The van der Waals surface area contributed by atoms with Crippen molar-refractivity contribution in [3.05, 3.63) is 182 Å². The molecule has 0 aliphatic rings. The highest BCUT2D eigenvalue weighted by molar-refractivity contribution is 6.14. The zero-order valence-corrected chi connectivity index (χ0v) is 29.1.